The molecule has 7 nitrogen and oxygen atoms in total. The van der Waals surface area contributed by atoms with E-state index in [0.29, 0.717) is 11.6 Å². The van der Waals surface area contributed by atoms with Gasteiger partial charge in [0.05, 0.1) is 0 Å². The number of aromatic amines is 1. The Bertz CT molecular complexity index is 451. The largest absolute Gasteiger partial charge is 0.409 e. The zero-order valence-corrected chi connectivity index (χ0v) is 11.4. The summed E-state index contributed by atoms with van der Waals surface area (Å²) in [6.07, 6.45) is 2.34. The summed E-state index contributed by atoms with van der Waals surface area (Å²) in [7, 11) is 0. The summed E-state index contributed by atoms with van der Waals surface area (Å²) in [4.78, 5) is 11.5. The predicted octanol–water partition coefficient (Wildman–Crippen LogP) is 1.16. The van der Waals surface area contributed by atoms with Gasteiger partial charge in [-0.1, -0.05) is 16.9 Å². The summed E-state index contributed by atoms with van der Waals surface area (Å²) < 4.78 is 1.63. The zero-order valence-electron chi connectivity index (χ0n) is 10.6. The molecule has 0 aliphatic carbocycles. The number of oxime groups is 1. The van der Waals surface area contributed by atoms with E-state index in [1.54, 1.807) is 4.57 Å². The van der Waals surface area contributed by atoms with Gasteiger partial charge in [0.25, 0.3) is 0 Å². The highest BCUT2D eigenvalue weighted by molar-refractivity contribution is 7.99. The van der Waals surface area contributed by atoms with Crippen LogP contribution in [0.15, 0.2) is 15.1 Å². The van der Waals surface area contributed by atoms with Crippen LogP contribution in [0, 0.1) is 0 Å². The molecule has 1 aromatic rings. The van der Waals surface area contributed by atoms with Gasteiger partial charge in [-0.2, -0.15) is 0 Å². The lowest BCUT2D eigenvalue weighted by Crippen LogP contribution is -2.19. The number of aromatic nitrogens is 3. The van der Waals surface area contributed by atoms with Crippen molar-refractivity contribution in [1.82, 2.24) is 14.8 Å². The van der Waals surface area contributed by atoms with Crippen LogP contribution < -0.4 is 11.4 Å². The van der Waals surface area contributed by atoms with Crippen molar-refractivity contribution in [1.29, 1.82) is 0 Å². The molecule has 0 aromatic carbocycles. The molecule has 18 heavy (non-hydrogen) atoms. The van der Waals surface area contributed by atoms with E-state index in [1.807, 2.05) is 13.8 Å². The second kappa shape index (κ2) is 7.10. The van der Waals surface area contributed by atoms with Gasteiger partial charge >= 0.3 is 5.69 Å². The Morgan fingerprint density at radius 1 is 1.61 bits per heavy atom. The molecule has 0 atom stereocenters. The Morgan fingerprint density at radius 3 is 2.94 bits per heavy atom. The number of nitrogens with two attached hydrogens (primary N) is 1. The normalized spacial score (nSPS) is 12.3. The third-order valence-corrected chi connectivity index (χ3v) is 3.41. The van der Waals surface area contributed by atoms with Crippen molar-refractivity contribution in [3.63, 3.8) is 0 Å². The molecule has 4 N–H and O–H groups in total. The standard InChI is InChI=1S/C10H19N5O2S/c1-7(2)15-9(16)12-13-10(15)18-6-4-3-5-8(11)14-17/h7,17H,3-6H2,1-2H3,(H2,11,14)(H,12,16). The van der Waals surface area contributed by atoms with E-state index in [1.165, 1.54) is 11.8 Å². The van der Waals surface area contributed by atoms with Crippen molar-refractivity contribution in [2.75, 3.05) is 5.75 Å². The van der Waals surface area contributed by atoms with Gasteiger partial charge in [0, 0.05) is 18.2 Å². The minimum atomic E-state index is -0.177. The van der Waals surface area contributed by atoms with Crippen molar-refractivity contribution in [2.45, 2.75) is 44.3 Å². The fraction of sp³-hybridized carbons (Fsp3) is 0.700. The second-order valence-corrected chi connectivity index (χ2v) is 5.23. The Labute approximate surface area is 109 Å². The molecule has 0 radical (unpaired) electrons. The van der Waals surface area contributed by atoms with Crippen molar-refractivity contribution < 1.29 is 5.21 Å². The predicted molar refractivity (Wildman–Crippen MR) is 71.2 cm³/mol. The molecule has 0 amide bonds. The van der Waals surface area contributed by atoms with Crippen LogP contribution in [0.3, 0.4) is 0 Å². The number of rotatable bonds is 7. The first-order valence-electron chi connectivity index (χ1n) is 5.82. The molecule has 1 heterocycles. The molecule has 0 bridgehead atoms. The maximum absolute atomic E-state index is 11.5. The first kappa shape index (κ1) is 14.6. The van der Waals surface area contributed by atoms with Gasteiger partial charge in [-0.3, -0.25) is 4.57 Å². The summed E-state index contributed by atoms with van der Waals surface area (Å²) >= 11 is 1.53. The molecule has 0 unspecified atom stereocenters. The lowest BCUT2D eigenvalue weighted by atomic mass is 10.2. The highest BCUT2D eigenvalue weighted by Crippen LogP contribution is 2.18. The number of hydrogen-bond acceptors (Lipinski definition) is 5. The Morgan fingerprint density at radius 2 is 2.33 bits per heavy atom. The molecule has 0 saturated heterocycles. The molecule has 102 valence electrons. The molecular formula is C10H19N5O2S. The van der Waals surface area contributed by atoms with Crippen LogP contribution >= 0.6 is 11.8 Å². The Hall–Kier alpha value is -1.44. The van der Waals surface area contributed by atoms with Crippen molar-refractivity contribution in [3.05, 3.63) is 10.5 Å². The number of amidine groups is 1. The first-order valence-corrected chi connectivity index (χ1v) is 6.81. The van der Waals surface area contributed by atoms with E-state index in [-0.39, 0.29) is 17.6 Å². The van der Waals surface area contributed by atoms with Crippen molar-refractivity contribution in [3.8, 4) is 0 Å². The molecule has 0 fully saturated rings. The highest BCUT2D eigenvalue weighted by atomic mass is 32.2. The molecule has 8 heteroatoms. The highest BCUT2D eigenvalue weighted by Gasteiger charge is 2.11. The Kier molecular flexibility index (Phi) is 5.76. The van der Waals surface area contributed by atoms with Crippen LogP contribution in [-0.4, -0.2) is 31.6 Å². The van der Waals surface area contributed by atoms with Crippen LogP contribution in [0.5, 0.6) is 0 Å². The van der Waals surface area contributed by atoms with Crippen LogP contribution in [0.2, 0.25) is 0 Å². The molecule has 1 aromatic heterocycles. The van der Waals surface area contributed by atoms with Crippen molar-refractivity contribution in [2.24, 2.45) is 10.9 Å². The maximum atomic E-state index is 11.5. The topological polar surface area (TPSA) is 109 Å². The molecule has 1 rings (SSSR count). The third-order valence-electron chi connectivity index (χ3n) is 2.38. The maximum Gasteiger partial charge on any atom is 0.344 e. The van der Waals surface area contributed by atoms with Gasteiger partial charge in [0.1, 0.15) is 5.84 Å². The molecule has 0 saturated carbocycles. The van der Waals surface area contributed by atoms with E-state index in [4.69, 9.17) is 10.9 Å². The number of hydrogen-bond donors (Lipinski definition) is 3. The van der Waals surface area contributed by atoms with E-state index >= 15 is 0 Å². The van der Waals surface area contributed by atoms with Gasteiger partial charge in [-0.25, -0.2) is 9.89 Å². The summed E-state index contributed by atoms with van der Waals surface area (Å²) in [5.41, 5.74) is 5.19. The number of nitrogens with one attached hydrogen (secondary N) is 1. The summed E-state index contributed by atoms with van der Waals surface area (Å²) in [6.45, 7) is 3.89. The smallest absolute Gasteiger partial charge is 0.344 e. The van der Waals surface area contributed by atoms with Gasteiger partial charge in [-0.05, 0) is 26.7 Å². The third kappa shape index (κ3) is 4.10. The molecule has 0 aliphatic heterocycles. The zero-order chi connectivity index (χ0) is 13.5. The number of unbranched alkanes of at least 4 members (excludes halogenated alkanes) is 1. The minimum Gasteiger partial charge on any atom is -0.409 e. The summed E-state index contributed by atoms with van der Waals surface area (Å²) in [5, 5.41) is 18.4. The number of thioether (sulfide) groups is 1. The van der Waals surface area contributed by atoms with E-state index in [0.717, 1.165) is 18.6 Å². The van der Waals surface area contributed by atoms with Gasteiger partial charge in [0.15, 0.2) is 5.16 Å². The lowest BCUT2D eigenvalue weighted by molar-refractivity contribution is 0.316. The van der Waals surface area contributed by atoms with Crippen molar-refractivity contribution >= 4 is 17.6 Å². The van der Waals surface area contributed by atoms with Gasteiger partial charge in [-0.15, -0.1) is 5.10 Å². The quantitative estimate of drug-likeness (QED) is 0.172. The fourth-order valence-electron chi connectivity index (χ4n) is 1.47. The monoisotopic (exact) mass is 273 g/mol. The summed E-state index contributed by atoms with van der Waals surface area (Å²) in [5.74, 6) is 1.09. The average molecular weight is 273 g/mol. The van der Waals surface area contributed by atoms with E-state index in [9.17, 15) is 4.79 Å². The molecular weight excluding hydrogens is 254 g/mol. The SMILES string of the molecule is CC(C)n1c(SCCCCC(N)=NO)n[nH]c1=O. The van der Waals surface area contributed by atoms with Crippen LogP contribution in [0.4, 0.5) is 0 Å². The number of nitrogens with zero attached hydrogens (tertiary/aromatic N) is 3. The van der Waals surface area contributed by atoms with Gasteiger partial charge < -0.3 is 10.9 Å². The Balaban J connectivity index is 2.38. The lowest BCUT2D eigenvalue weighted by Gasteiger charge is -2.08. The fourth-order valence-corrected chi connectivity index (χ4v) is 2.54. The van der Waals surface area contributed by atoms with Crippen LogP contribution in [0.1, 0.15) is 39.2 Å². The van der Waals surface area contributed by atoms with Gasteiger partial charge in [0.2, 0.25) is 0 Å². The second-order valence-electron chi connectivity index (χ2n) is 4.17. The van der Waals surface area contributed by atoms with E-state index < -0.39 is 0 Å². The first-order chi connectivity index (χ1) is 8.56. The van der Waals surface area contributed by atoms with Crippen LogP contribution in [-0.2, 0) is 0 Å². The molecule has 0 spiro atoms. The molecule has 0 aliphatic rings. The number of H-pyrrole nitrogens is 1. The van der Waals surface area contributed by atoms with E-state index in [2.05, 4.69) is 15.4 Å². The minimum absolute atomic E-state index is 0.0934. The summed E-state index contributed by atoms with van der Waals surface area (Å²) in [6, 6.07) is 0.0934. The van der Waals surface area contributed by atoms with Crippen LogP contribution in [0.25, 0.3) is 0 Å². The average Bonchev–Trinajstić information content (AvgIpc) is 2.69.